The number of hydrogen-bond donors (Lipinski definition) is 1. The van der Waals surface area contributed by atoms with Crippen molar-refractivity contribution in [2.45, 2.75) is 19.5 Å². The van der Waals surface area contributed by atoms with Gasteiger partial charge in [-0.15, -0.1) is 0 Å². The van der Waals surface area contributed by atoms with Gasteiger partial charge in [-0.2, -0.15) is 0 Å². The molecule has 0 saturated heterocycles. The molecule has 0 amide bonds. The van der Waals surface area contributed by atoms with Gasteiger partial charge in [0.05, 0.1) is 20.5 Å². The second-order valence-electron chi connectivity index (χ2n) is 4.48. The molecule has 1 N–H and O–H groups in total. The first-order valence-corrected chi connectivity index (χ1v) is 6.71. The monoisotopic (exact) mass is 275 g/mol. The van der Waals surface area contributed by atoms with Crippen molar-refractivity contribution >= 4 is 0 Å². The van der Waals surface area contributed by atoms with Gasteiger partial charge >= 0.3 is 0 Å². The van der Waals surface area contributed by atoms with Crippen molar-refractivity contribution in [3.8, 4) is 11.5 Å². The van der Waals surface area contributed by atoms with Crippen molar-refractivity contribution in [3.05, 3.63) is 42.5 Å². The number of aryl methyl sites for hydroxylation is 1. The lowest BCUT2D eigenvalue weighted by Crippen LogP contribution is -2.17. The van der Waals surface area contributed by atoms with E-state index in [0.29, 0.717) is 0 Å². The summed E-state index contributed by atoms with van der Waals surface area (Å²) in [6.07, 6.45) is 6.67. The molecule has 0 aliphatic carbocycles. The van der Waals surface area contributed by atoms with E-state index in [2.05, 4.69) is 14.9 Å². The lowest BCUT2D eigenvalue weighted by molar-refractivity contribution is 0.350. The molecular weight excluding hydrogens is 254 g/mol. The van der Waals surface area contributed by atoms with E-state index in [9.17, 15) is 0 Å². The number of methoxy groups -OCH3 is 2. The lowest BCUT2D eigenvalue weighted by atomic mass is 10.2. The Morgan fingerprint density at radius 1 is 1.25 bits per heavy atom. The minimum absolute atomic E-state index is 0.768. The van der Waals surface area contributed by atoms with Crippen LogP contribution in [0.1, 0.15) is 12.0 Å². The van der Waals surface area contributed by atoms with Crippen molar-refractivity contribution in [1.82, 2.24) is 14.9 Å². The van der Waals surface area contributed by atoms with Crippen LogP contribution in [0.2, 0.25) is 0 Å². The van der Waals surface area contributed by atoms with E-state index in [1.807, 2.05) is 30.7 Å². The first kappa shape index (κ1) is 14.4. The average molecular weight is 275 g/mol. The first-order valence-electron chi connectivity index (χ1n) is 6.71. The van der Waals surface area contributed by atoms with Gasteiger partial charge in [0, 0.05) is 31.0 Å². The smallest absolute Gasteiger partial charge is 0.165 e. The third-order valence-electron chi connectivity index (χ3n) is 3.13. The molecule has 2 aromatic rings. The molecular formula is C15H21N3O2. The number of nitrogens with one attached hydrogen (secondary N) is 1. The molecule has 0 spiro atoms. The predicted molar refractivity (Wildman–Crippen MR) is 78.1 cm³/mol. The van der Waals surface area contributed by atoms with Crippen molar-refractivity contribution in [2.24, 2.45) is 0 Å². The van der Waals surface area contributed by atoms with Gasteiger partial charge in [-0.3, -0.25) is 0 Å². The summed E-state index contributed by atoms with van der Waals surface area (Å²) in [6, 6.07) is 5.93. The number of rotatable bonds is 8. The summed E-state index contributed by atoms with van der Waals surface area (Å²) >= 11 is 0. The van der Waals surface area contributed by atoms with E-state index < -0.39 is 0 Å². The minimum atomic E-state index is 0.768. The van der Waals surface area contributed by atoms with Crippen molar-refractivity contribution in [2.75, 3.05) is 20.8 Å². The third-order valence-corrected chi connectivity index (χ3v) is 3.13. The number of hydrogen-bond acceptors (Lipinski definition) is 4. The van der Waals surface area contributed by atoms with E-state index in [0.717, 1.165) is 43.1 Å². The van der Waals surface area contributed by atoms with Gasteiger partial charge in [0.1, 0.15) is 0 Å². The molecule has 0 atom stereocenters. The SMILES string of the molecule is COc1cccc(CNCCCn2ccnc2)c1OC. The van der Waals surface area contributed by atoms with Gasteiger partial charge in [-0.1, -0.05) is 12.1 Å². The molecule has 0 aliphatic rings. The van der Waals surface area contributed by atoms with Crippen LogP contribution >= 0.6 is 0 Å². The zero-order valence-corrected chi connectivity index (χ0v) is 12.0. The fourth-order valence-corrected chi connectivity index (χ4v) is 2.12. The predicted octanol–water partition coefficient (Wildman–Crippen LogP) is 2.08. The van der Waals surface area contributed by atoms with Gasteiger partial charge in [0.2, 0.25) is 0 Å². The van der Waals surface area contributed by atoms with E-state index >= 15 is 0 Å². The zero-order chi connectivity index (χ0) is 14.2. The van der Waals surface area contributed by atoms with Gasteiger partial charge in [0.25, 0.3) is 0 Å². The number of benzene rings is 1. The molecule has 1 aromatic heterocycles. The molecule has 2 rings (SSSR count). The molecule has 108 valence electrons. The molecule has 0 fully saturated rings. The van der Waals surface area contributed by atoms with Crippen LogP contribution in [0.3, 0.4) is 0 Å². The number of nitrogens with zero attached hydrogens (tertiary/aromatic N) is 2. The molecule has 1 aromatic carbocycles. The van der Waals surface area contributed by atoms with E-state index in [1.165, 1.54) is 0 Å². The number of para-hydroxylation sites is 1. The lowest BCUT2D eigenvalue weighted by Gasteiger charge is -2.13. The van der Waals surface area contributed by atoms with E-state index in [4.69, 9.17) is 9.47 Å². The van der Waals surface area contributed by atoms with Crippen LogP contribution in [-0.4, -0.2) is 30.3 Å². The van der Waals surface area contributed by atoms with Gasteiger partial charge in [0.15, 0.2) is 11.5 Å². The fraction of sp³-hybridized carbons (Fsp3) is 0.400. The number of ether oxygens (including phenoxy) is 2. The highest BCUT2D eigenvalue weighted by atomic mass is 16.5. The summed E-state index contributed by atoms with van der Waals surface area (Å²) in [7, 11) is 3.32. The third kappa shape index (κ3) is 3.74. The molecule has 0 aliphatic heterocycles. The van der Waals surface area contributed by atoms with Crippen LogP contribution in [0.25, 0.3) is 0 Å². The molecule has 5 nitrogen and oxygen atoms in total. The molecule has 0 unspecified atom stereocenters. The molecule has 0 radical (unpaired) electrons. The summed E-state index contributed by atoms with van der Waals surface area (Å²) in [5.74, 6) is 1.57. The van der Waals surface area contributed by atoms with Crippen molar-refractivity contribution in [1.29, 1.82) is 0 Å². The topological polar surface area (TPSA) is 48.3 Å². The number of imidazole rings is 1. The second kappa shape index (κ2) is 7.55. The van der Waals surface area contributed by atoms with E-state index in [-0.39, 0.29) is 0 Å². The van der Waals surface area contributed by atoms with Gasteiger partial charge in [-0.05, 0) is 19.0 Å². The highest BCUT2D eigenvalue weighted by Crippen LogP contribution is 2.30. The van der Waals surface area contributed by atoms with Crippen LogP contribution in [0.5, 0.6) is 11.5 Å². The minimum Gasteiger partial charge on any atom is -0.493 e. The Labute approximate surface area is 119 Å². The average Bonchev–Trinajstić information content (AvgIpc) is 2.99. The highest BCUT2D eigenvalue weighted by Gasteiger charge is 2.08. The summed E-state index contributed by atoms with van der Waals surface area (Å²) in [4.78, 5) is 4.02. The summed E-state index contributed by atoms with van der Waals surface area (Å²) in [6.45, 7) is 2.69. The molecule has 0 bridgehead atoms. The van der Waals surface area contributed by atoms with Crippen molar-refractivity contribution < 1.29 is 9.47 Å². The van der Waals surface area contributed by atoms with Crippen LogP contribution in [-0.2, 0) is 13.1 Å². The molecule has 0 saturated carbocycles. The molecule has 1 heterocycles. The Hall–Kier alpha value is -2.01. The first-order chi connectivity index (χ1) is 9.85. The largest absolute Gasteiger partial charge is 0.493 e. The number of aromatic nitrogens is 2. The summed E-state index contributed by atoms with van der Waals surface area (Å²) < 4.78 is 12.8. The highest BCUT2D eigenvalue weighted by molar-refractivity contribution is 5.46. The van der Waals surface area contributed by atoms with Crippen molar-refractivity contribution in [3.63, 3.8) is 0 Å². The Balaban J connectivity index is 1.79. The van der Waals surface area contributed by atoms with Crippen LogP contribution in [0.4, 0.5) is 0 Å². The maximum atomic E-state index is 5.41. The van der Waals surface area contributed by atoms with Crippen LogP contribution in [0, 0.1) is 0 Å². The van der Waals surface area contributed by atoms with Crippen LogP contribution in [0.15, 0.2) is 36.9 Å². The van der Waals surface area contributed by atoms with E-state index in [1.54, 1.807) is 20.4 Å². The second-order valence-corrected chi connectivity index (χ2v) is 4.48. The Morgan fingerprint density at radius 3 is 2.85 bits per heavy atom. The standard InChI is InChI=1S/C15H21N3O2/c1-19-14-6-3-5-13(15(14)20-2)11-16-7-4-9-18-10-8-17-12-18/h3,5-6,8,10,12,16H,4,7,9,11H2,1-2H3. The Bertz CT molecular complexity index is 512. The fourth-order valence-electron chi connectivity index (χ4n) is 2.12. The van der Waals surface area contributed by atoms with Crippen LogP contribution < -0.4 is 14.8 Å². The maximum Gasteiger partial charge on any atom is 0.165 e. The Morgan fingerprint density at radius 2 is 2.15 bits per heavy atom. The van der Waals surface area contributed by atoms with Gasteiger partial charge in [-0.25, -0.2) is 4.98 Å². The molecule has 20 heavy (non-hydrogen) atoms. The quantitative estimate of drug-likeness (QED) is 0.749. The summed E-state index contributed by atoms with van der Waals surface area (Å²) in [5, 5.41) is 3.42. The normalized spacial score (nSPS) is 10.5. The Kier molecular flexibility index (Phi) is 5.43. The molecule has 5 heteroatoms. The zero-order valence-electron chi connectivity index (χ0n) is 12.0. The summed E-state index contributed by atoms with van der Waals surface area (Å²) in [5.41, 5.74) is 1.11. The maximum absolute atomic E-state index is 5.41. The van der Waals surface area contributed by atoms with Gasteiger partial charge < -0.3 is 19.4 Å².